The zero-order valence-corrected chi connectivity index (χ0v) is 15.9. The number of amides is 1. The van der Waals surface area contributed by atoms with Crippen molar-refractivity contribution in [3.8, 4) is 11.1 Å². The maximum Gasteiger partial charge on any atom is 0.412 e. The third-order valence-corrected chi connectivity index (χ3v) is 4.58. The van der Waals surface area contributed by atoms with E-state index in [1.807, 2.05) is 39.0 Å². The first-order valence-electron chi connectivity index (χ1n) is 9.20. The van der Waals surface area contributed by atoms with Crippen molar-refractivity contribution >= 4 is 11.8 Å². The molecule has 4 nitrogen and oxygen atoms in total. The van der Waals surface area contributed by atoms with Gasteiger partial charge in [0.15, 0.2) is 0 Å². The van der Waals surface area contributed by atoms with Crippen LogP contribution in [-0.4, -0.2) is 23.4 Å². The van der Waals surface area contributed by atoms with Gasteiger partial charge < -0.3 is 9.84 Å². The van der Waals surface area contributed by atoms with Gasteiger partial charge in [0.25, 0.3) is 0 Å². The Labute approximate surface area is 155 Å². The number of aliphatic hydroxyl groups excluding tert-OH is 1. The molecule has 2 N–H and O–H groups in total. The van der Waals surface area contributed by atoms with Crippen LogP contribution in [0.4, 0.5) is 10.5 Å². The maximum atomic E-state index is 12.0. The van der Waals surface area contributed by atoms with Gasteiger partial charge in [-0.15, -0.1) is 0 Å². The summed E-state index contributed by atoms with van der Waals surface area (Å²) in [6.45, 7) is 7.72. The highest BCUT2D eigenvalue weighted by molar-refractivity contribution is 5.87. The zero-order valence-electron chi connectivity index (χ0n) is 15.9. The molecule has 3 rings (SSSR count). The molecule has 0 radical (unpaired) electrons. The van der Waals surface area contributed by atoms with Crippen molar-refractivity contribution in [2.75, 3.05) is 11.9 Å². The Kier molecular flexibility index (Phi) is 5.05. The highest BCUT2D eigenvalue weighted by Crippen LogP contribution is 2.45. The largest absolute Gasteiger partial charge is 0.444 e. The van der Waals surface area contributed by atoms with Crippen LogP contribution in [0.1, 0.15) is 56.7 Å². The molecule has 1 atom stereocenters. The lowest BCUT2D eigenvalue weighted by Gasteiger charge is -2.20. The number of carbonyl (C=O) groups excluding carboxylic acids is 1. The third-order valence-electron chi connectivity index (χ3n) is 4.58. The van der Waals surface area contributed by atoms with Gasteiger partial charge in [0.2, 0.25) is 0 Å². The van der Waals surface area contributed by atoms with Crippen molar-refractivity contribution in [2.45, 2.75) is 52.1 Å². The fraction of sp³-hybridized carbons (Fsp3) is 0.409. The first-order chi connectivity index (χ1) is 12.3. The Morgan fingerprint density at radius 1 is 1.12 bits per heavy atom. The standard InChI is InChI=1S/C22H27NO3/c1-5-6-14-7-9-16-17-10-8-15(23-21(25)26-22(2,3)4)12-19(17)20(13-24)18(16)11-14/h7-12,20,24H,5-6,13H2,1-4H3,(H,23,25). The number of hydrogen-bond acceptors (Lipinski definition) is 3. The quantitative estimate of drug-likeness (QED) is 0.805. The Bertz CT molecular complexity index is 821. The van der Waals surface area contributed by atoms with E-state index in [1.54, 1.807) is 0 Å². The van der Waals surface area contributed by atoms with Gasteiger partial charge in [-0.1, -0.05) is 37.6 Å². The summed E-state index contributed by atoms with van der Waals surface area (Å²) < 4.78 is 5.32. The molecule has 0 fully saturated rings. The number of rotatable bonds is 4. The van der Waals surface area contributed by atoms with Gasteiger partial charge in [-0.05, 0) is 67.1 Å². The lowest BCUT2D eigenvalue weighted by Crippen LogP contribution is -2.27. The summed E-state index contributed by atoms with van der Waals surface area (Å²) in [5, 5.41) is 12.8. The lowest BCUT2D eigenvalue weighted by atomic mass is 9.95. The molecule has 1 unspecified atom stereocenters. The van der Waals surface area contributed by atoms with Gasteiger partial charge in [0, 0.05) is 11.6 Å². The summed E-state index contributed by atoms with van der Waals surface area (Å²) in [7, 11) is 0. The van der Waals surface area contributed by atoms with Crippen LogP contribution in [0.15, 0.2) is 36.4 Å². The van der Waals surface area contributed by atoms with Crippen LogP contribution < -0.4 is 5.32 Å². The van der Waals surface area contributed by atoms with E-state index in [-0.39, 0.29) is 12.5 Å². The van der Waals surface area contributed by atoms with Crippen molar-refractivity contribution in [2.24, 2.45) is 0 Å². The Hall–Kier alpha value is -2.33. The smallest absolute Gasteiger partial charge is 0.412 e. The van der Waals surface area contributed by atoms with Gasteiger partial charge in [0.05, 0.1) is 6.61 Å². The minimum Gasteiger partial charge on any atom is -0.444 e. The summed E-state index contributed by atoms with van der Waals surface area (Å²) in [5.41, 5.74) is 5.94. The summed E-state index contributed by atoms with van der Waals surface area (Å²) in [6.07, 6.45) is 1.66. The van der Waals surface area contributed by atoms with E-state index in [4.69, 9.17) is 4.74 Å². The van der Waals surface area contributed by atoms with Crippen molar-refractivity contribution < 1.29 is 14.6 Å². The predicted molar refractivity (Wildman–Crippen MR) is 105 cm³/mol. The normalized spacial score (nSPS) is 15.3. The van der Waals surface area contributed by atoms with Crippen LogP contribution in [-0.2, 0) is 11.2 Å². The number of ether oxygens (including phenoxy) is 1. The van der Waals surface area contributed by atoms with Crippen molar-refractivity contribution in [3.05, 3.63) is 53.1 Å². The number of anilines is 1. The highest BCUT2D eigenvalue weighted by Gasteiger charge is 2.29. The average Bonchev–Trinajstić information content (AvgIpc) is 2.85. The summed E-state index contributed by atoms with van der Waals surface area (Å²) in [4.78, 5) is 12.0. The first kappa shape index (κ1) is 18.5. The Morgan fingerprint density at radius 3 is 2.38 bits per heavy atom. The second-order valence-corrected chi connectivity index (χ2v) is 7.84. The molecule has 1 aliphatic carbocycles. The molecule has 0 saturated heterocycles. The van der Waals surface area contributed by atoms with E-state index in [9.17, 15) is 9.90 Å². The van der Waals surface area contributed by atoms with Crippen molar-refractivity contribution in [3.63, 3.8) is 0 Å². The van der Waals surface area contributed by atoms with Crippen LogP contribution in [0.25, 0.3) is 11.1 Å². The molecular formula is C22H27NO3. The predicted octanol–water partition coefficient (Wildman–Crippen LogP) is 5.09. The number of carbonyl (C=O) groups is 1. The SMILES string of the molecule is CCCc1ccc2c(c1)C(CO)c1cc(NC(=O)OC(C)(C)C)ccc1-2. The van der Waals surface area contributed by atoms with E-state index >= 15 is 0 Å². The zero-order chi connectivity index (χ0) is 18.9. The van der Waals surface area contributed by atoms with Gasteiger partial charge in [0.1, 0.15) is 5.60 Å². The minimum absolute atomic E-state index is 0.0471. The number of benzene rings is 2. The molecule has 0 spiro atoms. The first-order valence-corrected chi connectivity index (χ1v) is 9.20. The van der Waals surface area contributed by atoms with Crippen molar-refractivity contribution in [1.29, 1.82) is 0 Å². The molecule has 0 saturated carbocycles. The van der Waals surface area contributed by atoms with Crippen LogP contribution in [0.5, 0.6) is 0 Å². The monoisotopic (exact) mass is 353 g/mol. The molecule has 0 aliphatic heterocycles. The van der Waals surface area contributed by atoms with E-state index in [2.05, 4.69) is 30.4 Å². The molecule has 138 valence electrons. The molecule has 4 heteroatoms. The Balaban J connectivity index is 1.90. The van der Waals surface area contributed by atoms with Crippen LogP contribution in [0.3, 0.4) is 0 Å². The molecule has 2 aromatic carbocycles. The topological polar surface area (TPSA) is 58.6 Å². The van der Waals surface area contributed by atoms with Crippen LogP contribution in [0.2, 0.25) is 0 Å². The summed E-state index contributed by atoms with van der Waals surface area (Å²) >= 11 is 0. The lowest BCUT2D eigenvalue weighted by molar-refractivity contribution is 0.0636. The fourth-order valence-corrected chi connectivity index (χ4v) is 3.55. The molecule has 1 aliphatic rings. The molecule has 1 amide bonds. The second kappa shape index (κ2) is 7.12. The molecular weight excluding hydrogens is 326 g/mol. The maximum absolute atomic E-state index is 12.0. The number of aryl methyl sites for hydroxylation is 1. The molecule has 26 heavy (non-hydrogen) atoms. The number of fused-ring (bicyclic) bond motifs is 3. The number of nitrogens with one attached hydrogen (secondary N) is 1. The highest BCUT2D eigenvalue weighted by atomic mass is 16.6. The Morgan fingerprint density at radius 2 is 1.77 bits per heavy atom. The summed E-state index contributed by atoms with van der Waals surface area (Å²) in [5.74, 6) is -0.0582. The fourth-order valence-electron chi connectivity index (χ4n) is 3.55. The summed E-state index contributed by atoms with van der Waals surface area (Å²) in [6, 6.07) is 12.4. The average molecular weight is 353 g/mol. The van der Waals surface area contributed by atoms with Crippen molar-refractivity contribution in [1.82, 2.24) is 0 Å². The van der Waals surface area contributed by atoms with Gasteiger partial charge in [-0.3, -0.25) is 5.32 Å². The molecule has 2 aromatic rings. The van der Waals surface area contributed by atoms with Crippen LogP contribution in [0, 0.1) is 0 Å². The number of aliphatic hydroxyl groups is 1. The minimum atomic E-state index is -0.541. The van der Waals surface area contributed by atoms with E-state index in [1.165, 1.54) is 16.7 Å². The van der Waals surface area contributed by atoms with Gasteiger partial charge in [-0.2, -0.15) is 0 Å². The number of hydrogen-bond donors (Lipinski definition) is 2. The van der Waals surface area contributed by atoms with E-state index in [0.29, 0.717) is 5.69 Å². The molecule has 0 aromatic heterocycles. The van der Waals surface area contributed by atoms with Crippen LogP contribution >= 0.6 is 0 Å². The van der Waals surface area contributed by atoms with E-state index in [0.717, 1.165) is 24.0 Å². The van der Waals surface area contributed by atoms with Gasteiger partial charge in [-0.25, -0.2) is 4.79 Å². The van der Waals surface area contributed by atoms with E-state index < -0.39 is 11.7 Å². The third kappa shape index (κ3) is 3.75. The molecule has 0 bridgehead atoms. The molecule has 0 heterocycles. The second-order valence-electron chi connectivity index (χ2n) is 7.84. The van der Waals surface area contributed by atoms with Gasteiger partial charge >= 0.3 is 6.09 Å².